The van der Waals surface area contributed by atoms with E-state index in [4.69, 9.17) is 5.73 Å². The van der Waals surface area contributed by atoms with Gasteiger partial charge in [0.1, 0.15) is 5.82 Å². The molecule has 0 heterocycles. The second kappa shape index (κ2) is 6.72. The van der Waals surface area contributed by atoms with E-state index in [1.54, 1.807) is 6.07 Å². The van der Waals surface area contributed by atoms with E-state index in [0.29, 0.717) is 19.0 Å². The number of nitrogens with zero attached hydrogens (tertiary/aromatic N) is 1. The average molecular weight is 238 g/mol. The Labute approximate surface area is 104 Å². The highest BCUT2D eigenvalue weighted by Crippen LogP contribution is 2.13. The fourth-order valence-electron chi connectivity index (χ4n) is 1.89. The Morgan fingerprint density at radius 1 is 1.41 bits per heavy atom. The lowest BCUT2D eigenvalue weighted by Gasteiger charge is -2.21. The van der Waals surface area contributed by atoms with Gasteiger partial charge in [0.2, 0.25) is 0 Å². The van der Waals surface area contributed by atoms with Crippen molar-refractivity contribution < 1.29 is 4.39 Å². The predicted molar refractivity (Wildman–Crippen MR) is 70.1 cm³/mol. The second-order valence-corrected chi connectivity index (χ2v) is 4.84. The molecule has 1 rings (SSSR count). The van der Waals surface area contributed by atoms with Crippen LogP contribution in [0.25, 0.3) is 0 Å². The van der Waals surface area contributed by atoms with Crippen LogP contribution < -0.4 is 5.73 Å². The molecule has 0 fully saturated rings. The van der Waals surface area contributed by atoms with E-state index in [9.17, 15) is 4.39 Å². The maximum atomic E-state index is 13.6. The lowest BCUT2D eigenvalue weighted by molar-refractivity contribution is 0.271. The maximum Gasteiger partial charge on any atom is 0.127 e. The highest BCUT2D eigenvalue weighted by molar-refractivity contribution is 5.24. The lowest BCUT2D eigenvalue weighted by atomic mass is 10.1. The highest BCUT2D eigenvalue weighted by atomic mass is 19.1. The zero-order valence-electron chi connectivity index (χ0n) is 11.0. The van der Waals surface area contributed by atoms with Crippen LogP contribution in [0.1, 0.15) is 31.4 Å². The van der Waals surface area contributed by atoms with E-state index in [1.807, 2.05) is 13.1 Å². The summed E-state index contributed by atoms with van der Waals surface area (Å²) in [5.41, 5.74) is 7.29. The Hall–Kier alpha value is -0.930. The summed E-state index contributed by atoms with van der Waals surface area (Å²) in [5, 5.41) is 0. The van der Waals surface area contributed by atoms with Gasteiger partial charge in [-0.15, -0.1) is 0 Å². The lowest BCUT2D eigenvalue weighted by Crippen LogP contribution is -2.24. The third kappa shape index (κ3) is 4.44. The normalized spacial score (nSPS) is 13.1. The van der Waals surface area contributed by atoms with Gasteiger partial charge in [0.15, 0.2) is 0 Å². The van der Waals surface area contributed by atoms with E-state index in [0.717, 1.165) is 24.1 Å². The number of nitrogens with two attached hydrogens (primary N) is 1. The van der Waals surface area contributed by atoms with Gasteiger partial charge in [0, 0.05) is 25.2 Å². The standard InChI is InChI=1S/C14H23FN2/c1-4-11(2)9-17(3)10-13-7-12(8-16)5-6-14(13)15/h5-7,11H,4,8-10,16H2,1-3H3. The van der Waals surface area contributed by atoms with Crippen molar-refractivity contribution in [2.75, 3.05) is 13.6 Å². The second-order valence-electron chi connectivity index (χ2n) is 4.84. The zero-order valence-corrected chi connectivity index (χ0v) is 11.0. The van der Waals surface area contributed by atoms with Crippen molar-refractivity contribution in [1.29, 1.82) is 0 Å². The minimum Gasteiger partial charge on any atom is -0.326 e. The Bertz CT molecular complexity index is 352. The van der Waals surface area contributed by atoms with Crippen LogP contribution in [-0.2, 0) is 13.1 Å². The molecule has 0 aromatic heterocycles. The SMILES string of the molecule is CCC(C)CN(C)Cc1cc(CN)ccc1F. The molecule has 0 radical (unpaired) electrons. The van der Waals surface area contributed by atoms with Gasteiger partial charge < -0.3 is 10.6 Å². The van der Waals surface area contributed by atoms with Crippen molar-refractivity contribution in [3.63, 3.8) is 0 Å². The first-order chi connectivity index (χ1) is 8.06. The molecular weight excluding hydrogens is 215 g/mol. The number of halogens is 1. The number of hydrogen-bond acceptors (Lipinski definition) is 2. The first-order valence-electron chi connectivity index (χ1n) is 6.22. The maximum absolute atomic E-state index is 13.6. The van der Waals surface area contributed by atoms with Gasteiger partial charge in [-0.25, -0.2) is 4.39 Å². The molecule has 0 spiro atoms. The Balaban J connectivity index is 2.66. The van der Waals surface area contributed by atoms with E-state index in [2.05, 4.69) is 18.7 Å². The molecule has 0 amide bonds. The highest BCUT2D eigenvalue weighted by Gasteiger charge is 2.09. The van der Waals surface area contributed by atoms with Crippen LogP contribution in [0.2, 0.25) is 0 Å². The molecule has 1 atom stereocenters. The summed E-state index contributed by atoms with van der Waals surface area (Å²) in [6.45, 7) is 6.48. The van der Waals surface area contributed by atoms with Crippen LogP contribution in [-0.4, -0.2) is 18.5 Å². The molecule has 3 heteroatoms. The molecular formula is C14H23FN2. The van der Waals surface area contributed by atoms with Crippen molar-refractivity contribution >= 4 is 0 Å². The van der Waals surface area contributed by atoms with Crippen molar-refractivity contribution in [2.45, 2.75) is 33.4 Å². The first-order valence-corrected chi connectivity index (χ1v) is 6.22. The molecule has 1 aromatic carbocycles. The molecule has 0 bridgehead atoms. The number of rotatable bonds is 6. The van der Waals surface area contributed by atoms with E-state index in [-0.39, 0.29) is 5.82 Å². The van der Waals surface area contributed by atoms with Crippen molar-refractivity contribution in [1.82, 2.24) is 4.90 Å². The van der Waals surface area contributed by atoms with Crippen LogP contribution in [0, 0.1) is 11.7 Å². The molecule has 0 saturated carbocycles. The van der Waals surface area contributed by atoms with Crippen LogP contribution in [0.5, 0.6) is 0 Å². The van der Waals surface area contributed by atoms with Crippen LogP contribution in [0.3, 0.4) is 0 Å². The predicted octanol–water partition coefficient (Wildman–Crippen LogP) is 2.76. The fourth-order valence-corrected chi connectivity index (χ4v) is 1.89. The van der Waals surface area contributed by atoms with Gasteiger partial charge in [-0.3, -0.25) is 0 Å². The molecule has 1 aromatic rings. The van der Waals surface area contributed by atoms with Gasteiger partial charge in [-0.1, -0.05) is 32.4 Å². The monoisotopic (exact) mass is 238 g/mol. The summed E-state index contributed by atoms with van der Waals surface area (Å²) < 4.78 is 13.6. The average Bonchev–Trinajstić information content (AvgIpc) is 2.31. The Kier molecular flexibility index (Phi) is 5.59. The topological polar surface area (TPSA) is 29.3 Å². The van der Waals surface area contributed by atoms with Crippen molar-refractivity contribution in [2.24, 2.45) is 11.7 Å². The van der Waals surface area contributed by atoms with E-state index >= 15 is 0 Å². The first kappa shape index (κ1) is 14.1. The van der Waals surface area contributed by atoms with Gasteiger partial charge in [-0.2, -0.15) is 0 Å². The molecule has 1 unspecified atom stereocenters. The Morgan fingerprint density at radius 3 is 2.71 bits per heavy atom. The third-order valence-electron chi connectivity index (χ3n) is 3.11. The largest absolute Gasteiger partial charge is 0.326 e. The molecule has 96 valence electrons. The summed E-state index contributed by atoms with van der Waals surface area (Å²) in [4.78, 5) is 2.16. The van der Waals surface area contributed by atoms with Crippen LogP contribution in [0.15, 0.2) is 18.2 Å². The fraction of sp³-hybridized carbons (Fsp3) is 0.571. The van der Waals surface area contributed by atoms with Crippen LogP contribution in [0.4, 0.5) is 4.39 Å². The van der Waals surface area contributed by atoms with Crippen molar-refractivity contribution in [3.8, 4) is 0 Å². The van der Waals surface area contributed by atoms with Gasteiger partial charge in [0.25, 0.3) is 0 Å². The molecule has 2 N–H and O–H groups in total. The smallest absolute Gasteiger partial charge is 0.127 e. The van der Waals surface area contributed by atoms with Gasteiger partial charge in [-0.05, 0) is 24.6 Å². The molecule has 2 nitrogen and oxygen atoms in total. The van der Waals surface area contributed by atoms with E-state index < -0.39 is 0 Å². The summed E-state index contributed by atoms with van der Waals surface area (Å²) in [7, 11) is 2.03. The van der Waals surface area contributed by atoms with Crippen molar-refractivity contribution in [3.05, 3.63) is 35.1 Å². The zero-order chi connectivity index (χ0) is 12.8. The molecule has 0 aliphatic carbocycles. The summed E-state index contributed by atoms with van der Waals surface area (Å²) >= 11 is 0. The minimum atomic E-state index is -0.141. The third-order valence-corrected chi connectivity index (χ3v) is 3.11. The van der Waals surface area contributed by atoms with Crippen LogP contribution >= 0.6 is 0 Å². The minimum absolute atomic E-state index is 0.141. The molecule has 0 aliphatic heterocycles. The van der Waals surface area contributed by atoms with E-state index in [1.165, 1.54) is 6.07 Å². The number of hydrogen-bond donors (Lipinski definition) is 1. The Morgan fingerprint density at radius 2 is 2.12 bits per heavy atom. The van der Waals surface area contributed by atoms with Gasteiger partial charge >= 0.3 is 0 Å². The summed E-state index contributed by atoms with van der Waals surface area (Å²) in [6.07, 6.45) is 1.15. The van der Waals surface area contributed by atoms with Gasteiger partial charge in [0.05, 0.1) is 0 Å². The molecule has 17 heavy (non-hydrogen) atoms. The number of benzene rings is 1. The quantitative estimate of drug-likeness (QED) is 0.825. The summed E-state index contributed by atoms with van der Waals surface area (Å²) in [5.74, 6) is 0.499. The molecule has 0 aliphatic rings. The summed E-state index contributed by atoms with van der Waals surface area (Å²) in [6, 6.07) is 5.12. The molecule has 0 saturated heterocycles.